The SMILES string of the molecule is CCC(C)[C@@H]1CO[C@@]2(C)OCC[C@@H]12. The minimum absolute atomic E-state index is 0.242. The Labute approximate surface area is 80.6 Å². The van der Waals surface area contributed by atoms with Gasteiger partial charge in [0.2, 0.25) is 0 Å². The summed E-state index contributed by atoms with van der Waals surface area (Å²) in [5.41, 5.74) is 0. The number of hydrogen-bond donors (Lipinski definition) is 0. The zero-order valence-electron chi connectivity index (χ0n) is 8.88. The molecule has 0 aromatic rings. The van der Waals surface area contributed by atoms with Crippen molar-refractivity contribution in [2.45, 2.75) is 39.4 Å². The highest BCUT2D eigenvalue weighted by Gasteiger charge is 2.51. The molecule has 0 bridgehead atoms. The van der Waals surface area contributed by atoms with E-state index in [9.17, 15) is 0 Å². The number of rotatable bonds is 2. The summed E-state index contributed by atoms with van der Waals surface area (Å²) in [6.07, 6.45) is 2.44. The minimum Gasteiger partial charge on any atom is -0.350 e. The lowest BCUT2D eigenvalue weighted by molar-refractivity contribution is -0.181. The first kappa shape index (κ1) is 9.47. The Balaban J connectivity index is 2.09. The molecule has 13 heavy (non-hydrogen) atoms. The average molecular weight is 184 g/mol. The molecule has 2 heterocycles. The van der Waals surface area contributed by atoms with Gasteiger partial charge < -0.3 is 9.47 Å². The fraction of sp³-hybridized carbons (Fsp3) is 1.00. The summed E-state index contributed by atoms with van der Waals surface area (Å²) < 4.78 is 11.4. The van der Waals surface area contributed by atoms with Crippen molar-refractivity contribution in [3.8, 4) is 0 Å². The topological polar surface area (TPSA) is 18.5 Å². The molecule has 0 saturated carbocycles. The van der Waals surface area contributed by atoms with Crippen LogP contribution < -0.4 is 0 Å². The molecular formula is C11H20O2. The summed E-state index contributed by atoms with van der Waals surface area (Å²) in [5.74, 6) is 1.89. The van der Waals surface area contributed by atoms with Gasteiger partial charge in [0.05, 0.1) is 13.2 Å². The standard InChI is InChI=1S/C11H20O2/c1-4-8(2)9-7-13-11(3)10(9)5-6-12-11/h8-10H,4-7H2,1-3H3/t8?,9-,10-,11+/m0/s1. The maximum atomic E-state index is 5.78. The Morgan fingerprint density at radius 1 is 1.46 bits per heavy atom. The van der Waals surface area contributed by atoms with E-state index in [-0.39, 0.29) is 5.79 Å². The van der Waals surface area contributed by atoms with Crippen LogP contribution in [0.5, 0.6) is 0 Å². The van der Waals surface area contributed by atoms with Crippen LogP contribution in [0.3, 0.4) is 0 Å². The lowest BCUT2D eigenvalue weighted by atomic mass is 9.79. The summed E-state index contributed by atoms with van der Waals surface area (Å²) in [5, 5.41) is 0. The van der Waals surface area contributed by atoms with Crippen LogP contribution in [-0.2, 0) is 9.47 Å². The maximum absolute atomic E-state index is 5.78. The van der Waals surface area contributed by atoms with E-state index in [0.29, 0.717) is 5.92 Å². The van der Waals surface area contributed by atoms with Crippen molar-refractivity contribution in [1.82, 2.24) is 0 Å². The second kappa shape index (κ2) is 3.25. The van der Waals surface area contributed by atoms with Crippen molar-refractivity contribution in [3.63, 3.8) is 0 Å². The third-order valence-electron chi connectivity index (χ3n) is 3.95. The van der Waals surface area contributed by atoms with E-state index < -0.39 is 0 Å². The Bertz CT molecular complexity index is 193. The first-order chi connectivity index (χ1) is 6.17. The molecule has 0 N–H and O–H groups in total. The van der Waals surface area contributed by atoms with Gasteiger partial charge in [-0.25, -0.2) is 0 Å². The lowest BCUT2D eigenvalue weighted by Gasteiger charge is -2.25. The quantitative estimate of drug-likeness (QED) is 0.656. The van der Waals surface area contributed by atoms with E-state index in [0.717, 1.165) is 25.0 Å². The Morgan fingerprint density at radius 3 is 2.92 bits per heavy atom. The van der Waals surface area contributed by atoms with Gasteiger partial charge in [0.1, 0.15) is 0 Å². The highest BCUT2D eigenvalue weighted by molar-refractivity contribution is 4.92. The monoisotopic (exact) mass is 184 g/mol. The van der Waals surface area contributed by atoms with E-state index in [1.807, 2.05) is 0 Å². The molecule has 2 aliphatic heterocycles. The van der Waals surface area contributed by atoms with E-state index in [4.69, 9.17) is 9.47 Å². The third-order valence-corrected chi connectivity index (χ3v) is 3.95. The summed E-state index contributed by atoms with van der Waals surface area (Å²) in [6.45, 7) is 8.48. The molecule has 0 radical (unpaired) electrons. The van der Waals surface area contributed by atoms with Crippen molar-refractivity contribution < 1.29 is 9.47 Å². The van der Waals surface area contributed by atoms with Crippen molar-refractivity contribution in [2.24, 2.45) is 17.8 Å². The van der Waals surface area contributed by atoms with Crippen LogP contribution in [0, 0.1) is 17.8 Å². The fourth-order valence-electron chi connectivity index (χ4n) is 2.75. The van der Waals surface area contributed by atoms with Gasteiger partial charge in [0.15, 0.2) is 5.79 Å². The summed E-state index contributed by atoms with van der Waals surface area (Å²) in [6, 6.07) is 0. The molecule has 2 rings (SSSR count). The highest BCUT2D eigenvalue weighted by Crippen LogP contribution is 2.47. The maximum Gasteiger partial charge on any atom is 0.168 e. The fourth-order valence-corrected chi connectivity index (χ4v) is 2.75. The average Bonchev–Trinajstić information content (AvgIpc) is 2.60. The predicted octanol–water partition coefficient (Wildman–Crippen LogP) is 2.43. The van der Waals surface area contributed by atoms with Gasteiger partial charge in [-0.2, -0.15) is 0 Å². The van der Waals surface area contributed by atoms with Crippen LogP contribution in [0.2, 0.25) is 0 Å². The van der Waals surface area contributed by atoms with Crippen molar-refractivity contribution in [3.05, 3.63) is 0 Å². The molecule has 2 aliphatic rings. The van der Waals surface area contributed by atoms with Gasteiger partial charge in [-0.05, 0) is 25.2 Å². The molecular weight excluding hydrogens is 164 g/mol. The Kier molecular flexibility index (Phi) is 2.37. The summed E-state index contributed by atoms with van der Waals surface area (Å²) in [4.78, 5) is 0. The molecule has 0 spiro atoms. The third kappa shape index (κ3) is 1.40. The van der Waals surface area contributed by atoms with E-state index in [2.05, 4.69) is 20.8 Å². The van der Waals surface area contributed by atoms with E-state index in [1.54, 1.807) is 0 Å². The van der Waals surface area contributed by atoms with Gasteiger partial charge in [0.25, 0.3) is 0 Å². The molecule has 2 fully saturated rings. The van der Waals surface area contributed by atoms with Crippen LogP contribution >= 0.6 is 0 Å². The van der Waals surface area contributed by atoms with Gasteiger partial charge in [0, 0.05) is 5.92 Å². The van der Waals surface area contributed by atoms with Gasteiger partial charge in [-0.3, -0.25) is 0 Å². The molecule has 2 saturated heterocycles. The van der Waals surface area contributed by atoms with Crippen LogP contribution in [0.1, 0.15) is 33.6 Å². The van der Waals surface area contributed by atoms with Crippen LogP contribution in [0.15, 0.2) is 0 Å². The second-order valence-corrected chi connectivity index (χ2v) is 4.62. The predicted molar refractivity (Wildman–Crippen MR) is 51.4 cm³/mol. The summed E-state index contributed by atoms with van der Waals surface area (Å²) >= 11 is 0. The van der Waals surface area contributed by atoms with Crippen molar-refractivity contribution in [2.75, 3.05) is 13.2 Å². The molecule has 0 aliphatic carbocycles. The number of ether oxygens (including phenoxy) is 2. The number of hydrogen-bond acceptors (Lipinski definition) is 2. The first-order valence-electron chi connectivity index (χ1n) is 5.45. The molecule has 0 amide bonds. The van der Waals surface area contributed by atoms with Crippen molar-refractivity contribution in [1.29, 1.82) is 0 Å². The van der Waals surface area contributed by atoms with Crippen LogP contribution in [0.25, 0.3) is 0 Å². The largest absolute Gasteiger partial charge is 0.350 e. The molecule has 2 nitrogen and oxygen atoms in total. The van der Waals surface area contributed by atoms with Gasteiger partial charge in [-0.1, -0.05) is 20.3 Å². The van der Waals surface area contributed by atoms with E-state index in [1.165, 1.54) is 12.8 Å². The van der Waals surface area contributed by atoms with Crippen molar-refractivity contribution >= 4 is 0 Å². The normalized spacial score (nSPS) is 46.4. The van der Waals surface area contributed by atoms with Gasteiger partial charge >= 0.3 is 0 Å². The van der Waals surface area contributed by atoms with Gasteiger partial charge in [-0.15, -0.1) is 0 Å². The lowest BCUT2D eigenvalue weighted by Crippen LogP contribution is -2.31. The zero-order chi connectivity index (χ0) is 9.47. The second-order valence-electron chi connectivity index (χ2n) is 4.62. The summed E-state index contributed by atoms with van der Waals surface area (Å²) in [7, 11) is 0. The molecule has 2 heteroatoms. The zero-order valence-corrected chi connectivity index (χ0v) is 8.88. The van der Waals surface area contributed by atoms with Crippen LogP contribution in [-0.4, -0.2) is 19.0 Å². The highest BCUT2D eigenvalue weighted by atomic mass is 16.7. The molecule has 4 atom stereocenters. The molecule has 76 valence electrons. The van der Waals surface area contributed by atoms with Crippen LogP contribution in [0.4, 0.5) is 0 Å². The Morgan fingerprint density at radius 2 is 2.23 bits per heavy atom. The first-order valence-corrected chi connectivity index (χ1v) is 5.45. The molecule has 0 aromatic heterocycles. The Hall–Kier alpha value is -0.0800. The number of fused-ring (bicyclic) bond motifs is 1. The molecule has 0 aromatic carbocycles. The minimum atomic E-state index is -0.242. The van der Waals surface area contributed by atoms with E-state index >= 15 is 0 Å². The molecule has 1 unspecified atom stereocenters. The smallest absolute Gasteiger partial charge is 0.168 e.